The Morgan fingerprint density at radius 1 is 1.25 bits per heavy atom. The Hall–Kier alpha value is -2.86. The van der Waals surface area contributed by atoms with Gasteiger partial charge in [0, 0.05) is 23.9 Å². The highest BCUT2D eigenvalue weighted by Crippen LogP contribution is 2.52. The summed E-state index contributed by atoms with van der Waals surface area (Å²) in [5.74, 6) is -0.986. The summed E-state index contributed by atoms with van der Waals surface area (Å²) < 4.78 is 5.13. The summed E-state index contributed by atoms with van der Waals surface area (Å²) in [5.41, 5.74) is 0.894. The van der Waals surface area contributed by atoms with Crippen LogP contribution in [-0.2, 0) is 19.7 Å². The van der Waals surface area contributed by atoms with Crippen molar-refractivity contribution >= 4 is 35.2 Å². The van der Waals surface area contributed by atoms with Crippen LogP contribution in [0.4, 0.5) is 10.5 Å². The average Bonchev–Trinajstić information content (AvgIpc) is 2.93. The van der Waals surface area contributed by atoms with Gasteiger partial charge in [-0.3, -0.25) is 9.59 Å². The summed E-state index contributed by atoms with van der Waals surface area (Å²) in [6, 6.07) is 14.3. The summed E-state index contributed by atoms with van der Waals surface area (Å²) in [5, 5.41) is 3.35. The maximum atomic E-state index is 13.7. The number of amides is 3. The van der Waals surface area contributed by atoms with Gasteiger partial charge in [-0.2, -0.15) is 0 Å². The molecule has 0 aliphatic carbocycles. The Labute approximate surface area is 167 Å². The van der Waals surface area contributed by atoms with Crippen molar-refractivity contribution in [3.8, 4) is 0 Å². The maximum absolute atomic E-state index is 13.7. The molecule has 2 unspecified atom stereocenters. The van der Waals surface area contributed by atoms with Crippen LogP contribution in [-0.4, -0.2) is 31.1 Å². The molecule has 0 saturated carbocycles. The normalized spacial score (nSPS) is 23.5. The van der Waals surface area contributed by atoms with Crippen molar-refractivity contribution in [2.75, 3.05) is 18.1 Å². The lowest BCUT2D eigenvalue weighted by Crippen LogP contribution is -2.57. The minimum absolute atomic E-state index is 0.106. The number of benzene rings is 2. The van der Waals surface area contributed by atoms with Gasteiger partial charge in [-0.1, -0.05) is 41.9 Å². The van der Waals surface area contributed by atoms with E-state index in [4.69, 9.17) is 16.3 Å². The van der Waals surface area contributed by atoms with Gasteiger partial charge >= 0.3 is 6.09 Å². The highest BCUT2D eigenvalue weighted by Gasteiger charge is 2.59. The fourth-order valence-corrected chi connectivity index (χ4v) is 4.46. The molecule has 2 heterocycles. The van der Waals surface area contributed by atoms with E-state index in [2.05, 4.69) is 5.32 Å². The van der Waals surface area contributed by atoms with Crippen molar-refractivity contribution in [3.05, 3.63) is 64.7 Å². The zero-order valence-electron chi connectivity index (χ0n) is 15.3. The Bertz CT molecular complexity index is 976. The van der Waals surface area contributed by atoms with Gasteiger partial charge in [-0.05, 0) is 36.2 Å². The number of ether oxygens (including phenoxy) is 1. The Balaban J connectivity index is 1.91. The third-order valence-corrected chi connectivity index (χ3v) is 5.70. The molecule has 28 heavy (non-hydrogen) atoms. The molecular weight excluding hydrogens is 380 g/mol. The van der Waals surface area contributed by atoms with E-state index >= 15 is 0 Å². The molecule has 2 aliphatic heterocycles. The number of nitrogens with zero attached hydrogens (tertiary/aromatic N) is 1. The van der Waals surface area contributed by atoms with Crippen molar-refractivity contribution in [1.29, 1.82) is 0 Å². The van der Waals surface area contributed by atoms with Gasteiger partial charge in [0.15, 0.2) is 0 Å². The van der Waals surface area contributed by atoms with Gasteiger partial charge in [0.1, 0.15) is 5.41 Å². The van der Waals surface area contributed by atoms with Gasteiger partial charge in [-0.15, -0.1) is 0 Å². The van der Waals surface area contributed by atoms with Crippen LogP contribution in [0.5, 0.6) is 0 Å². The predicted molar refractivity (Wildman–Crippen MR) is 104 cm³/mol. The first-order chi connectivity index (χ1) is 13.5. The summed E-state index contributed by atoms with van der Waals surface area (Å²) in [6.45, 7) is 1.96. The van der Waals surface area contributed by atoms with Crippen molar-refractivity contribution in [2.45, 2.75) is 24.7 Å². The fraction of sp³-hybridized carbons (Fsp3) is 0.286. The van der Waals surface area contributed by atoms with Crippen LogP contribution in [0, 0.1) is 0 Å². The minimum atomic E-state index is -1.10. The van der Waals surface area contributed by atoms with Crippen LogP contribution in [0.2, 0.25) is 5.02 Å². The lowest BCUT2D eigenvalue weighted by atomic mass is 9.65. The smallest absolute Gasteiger partial charge is 0.421 e. The maximum Gasteiger partial charge on any atom is 0.421 e. The minimum Gasteiger partial charge on any atom is -0.449 e. The highest BCUT2D eigenvalue weighted by atomic mass is 35.5. The number of anilines is 1. The predicted octanol–water partition coefficient (Wildman–Crippen LogP) is 3.38. The van der Waals surface area contributed by atoms with Gasteiger partial charge < -0.3 is 10.1 Å². The first kappa shape index (κ1) is 18.5. The van der Waals surface area contributed by atoms with Crippen LogP contribution < -0.4 is 10.2 Å². The molecule has 0 aromatic heterocycles. The second-order valence-electron chi connectivity index (χ2n) is 6.92. The molecule has 2 aliphatic rings. The molecule has 6 nitrogen and oxygen atoms in total. The van der Waals surface area contributed by atoms with Crippen LogP contribution in [0.1, 0.15) is 30.4 Å². The number of rotatable bonds is 2. The third kappa shape index (κ3) is 2.67. The van der Waals surface area contributed by atoms with Gasteiger partial charge in [0.25, 0.3) is 0 Å². The summed E-state index contributed by atoms with van der Waals surface area (Å²) in [7, 11) is 0. The number of carbonyl (C=O) groups is 3. The van der Waals surface area contributed by atoms with E-state index in [0.717, 1.165) is 10.5 Å². The molecule has 144 valence electrons. The van der Waals surface area contributed by atoms with E-state index in [1.165, 1.54) is 0 Å². The molecule has 0 bridgehead atoms. The monoisotopic (exact) mass is 398 g/mol. The van der Waals surface area contributed by atoms with E-state index in [1.54, 1.807) is 37.3 Å². The Kier molecular flexibility index (Phi) is 4.59. The van der Waals surface area contributed by atoms with Crippen molar-refractivity contribution in [1.82, 2.24) is 5.32 Å². The number of para-hydroxylation sites is 1. The quantitative estimate of drug-likeness (QED) is 0.841. The van der Waals surface area contributed by atoms with Crippen molar-refractivity contribution in [3.63, 3.8) is 0 Å². The van der Waals surface area contributed by atoms with Gasteiger partial charge in [0.2, 0.25) is 11.8 Å². The van der Waals surface area contributed by atoms with Crippen molar-refractivity contribution in [2.24, 2.45) is 0 Å². The topological polar surface area (TPSA) is 75.7 Å². The molecule has 7 heteroatoms. The molecule has 2 aromatic rings. The lowest BCUT2D eigenvalue weighted by molar-refractivity contribution is -0.129. The molecule has 2 aromatic carbocycles. The number of fused-ring (bicyclic) bond motifs is 2. The molecule has 3 amide bonds. The first-order valence-electron chi connectivity index (χ1n) is 9.12. The summed E-state index contributed by atoms with van der Waals surface area (Å²) in [4.78, 5) is 39.6. The Morgan fingerprint density at radius 3 is 2.79 bits per heavy atom. The number of hydrogen-bond acceptors (Lipinski definition) is 4. The molecule has 1 N–H and O–H groups in total. The number of piperidine rings is 1. The average molecular weight is 399 g/mol. The zero-order valence-corrected chi connectivity index (χ0v) is 16.0. The van der Waals surface area contributed by atoms with Crippen LogP contribution in [0.15, 0.2) is 48.5 Å². The third-order valence-electron chi connectivity index (χ3n) is 5.46. The molecule has 4 rings (SSSR count). The zero-order chi connectivity index (χ0) is 19.9. The second-order valence-corrected chi connectivity index (χ2v) is 7.35. The molecule has 0 radical (unpaired) electrons. The largest absolute Gasteiger partial charge is 0.449 e. The molecule has 1 spiro atoms. The molecular formula is C21H19ClN2O4. The number of nitrogens with one attached hydrogen (secondary N) is 1. The first-order valence-corrected chi connectivity index (χ1v) is 9.50. The van der Waals surface area contributed by atoms with Gasteiger partial charge in [0.05, 0.1) is 12.3 Å². The summed E-state index contributed by atoms with van der Waals surface area (Å²) in [6.07, 6.45) is -0.588. The van der Waals surface area contributed by atoms with Crippen LogP contribution in [0.3, 0.4) is 0 Å². The Morgan fingerprint density at radius 2 is 2.04 bits per heavy atom. The number of halogens is 1. The second kappa shape index (κ2) is 6.95. The van der Waals surface area contributed by atoms with Crippen LogP contribution >= 0.6 is 11.6 Å². The SMILES string of the molecule is CCOC(=O)N1C(=O)C2(CNC(=O)CC2c2cccc(Cl)c2)c2ccccc21. The standard InChI is InChI=1S/C21H19ClN2O4/c1-2-28-20(27)24-17-9-4-3-8-15(17)21(19(24)26)12-23-18(25)11-16(21)13-6-5-7-14(22)10-13/h3-10,16H,2,11-12H2,1H3,(H,23,25). The van der Waals surface area contributed by atoms with Crippen LogP contribution in [0.25, 0.3) is 0 Å². The van der Waals surface area contributed by atoms with E-state index in [9.17, 15) is 14.4 Å². The molecule has 1 fully saturated rings. The lowest BCUT2D eigenvalue weighted by Gasteiger charge is -2.40. The summed E-state index contributed by atoms with van der Waals surface area (Å²) >= 11 is 6.18. The van der Waals surface area contributed by atoms with E-state index in [0.29, 0.717) is 16.3 Å². The highest BCUT2D eigenvalue weighted by molar-refractivity contribution is 6.30. The van der Waals surface area contributed by atoms with Gasteiger partial charge in [-0.25, -0.2) is 9.69 Å². The van der Waals surface area contributed by atoms with E-state index < -0.39 is 23.3 Å². The van der Waals surface area contributed by atoms with Crippen molar-refractivity contribution < 1.29 is 19.1 Å². The molecule has 2 atom stereocenters. The van der Waals surface area contributed by atoms with E-state index in [-0.39, 0.29) is 25.5 Å². The number of carbonyl (C=O) groups excluding carboxylic acids is 3. The fourth-order valence-electron chi connectivity index (χ4n) is 4.27. The van der Waals surface area contributed by atoms with E-state index in [1.807, 2.05) is 18.2 Å². The number of imide groups is 1. The number of hydrogen-bond donors (Lipinski definition) is 1. The molecule has 1 saturated heterocycles.